The van der Waals surface area contributed by atoms with Gasteiger partial charge in [-0.05, 0) is 54.1 Å². The lowest BCUT2D eigenvalue weighted by Gasteiger charge is -2.16. The first-order valence-electron chi connectivity index (χ1n) is 6.03. The number of hydrogen-bond acceptors (Lipinski definition) is 3. The van der Waals surface area contributed by atoms with Crippen molar-refractivity contribution in [2.45, 2.75) is 19.4 Å². The Bertz CT molecular complexity index is 429. The van der Waals surface area contributed by atoms with Crippen molar-refractivity contribution in [3.8, 4) is 0 Å². The minimum Gasteiger partial charge on any atom is -0.385 e. The summed E-state index contributed by atoms with van der Waals surface area (Å²) < 4.78 is 18.6. The van der Waals surface area contributed by atoms with Crippen molar-refractivity contribution in [1.82, 2.24) is 5.32 Å². The fourth-order valence-electron chi connectivity index (χ4n) is 1.49. The number of halogens is 2. The van der Waals surface area contributed by atoms with Gasteiger partial charge < -0.3 is 15.4 Å². The van der Waals surface area contributed by atoms with Gasteiger partial charge in [0.25, 0.3) is 0 Å². The highest BCUT2D eigenvalue weighted by Crippen LogP contribution is 2.19. The summed E-state index contributed by atoms with van der Waals surface area (Å²) in [6.07, 6.45) is 0.781. The van der Waals surface area contributed by atoms with E-state index in [-0.39, 0.29) is 17.8 Å². The SMILES string of the molecule is COCCCNC(=O)C(C)Nc1ccc(F)cc1I. The van der Waals surface area contributed by atoms with Crippen molar-refractivity contribution in [2.75, 3.05) is 25.6 Å². The van der Waals surface area contributed by atoms with E-state index in [4.69, 9.17) is 4.74 Å². The Morgan fingerprint density at radius 1 is 1.53 bits per heavy atom. The zero-order valence-corrected chi connectivity index (χ0v) is 13.2. The highest BCUT2D eigenvalue weighted by Gasteiger charge is 2.13. The van der Waals surface area contributed by atoms with Crippen molar-refractivity contribution >= 4 is 34.2 Å². The maximum Gasteiger partial charge on any atom is 0.242 e. The Balaban J connectivity index is 2.45. The maximum atomic E-state index is 13.0. The van der Waals surface area contributed by atoms with Crippen LogP contribution in [0.5, 0.6) is 0 Å². The van der Waals surface area contributed by atoms with Crippen molar-refractivity contribution < 1.29 is 13.9 Å². The van der Waals surface area contributed by atoms with Crippen molar-refractivity contribution in [3.63, 3.8) is 0 Å². The zero-order chi connectivity index (χ0) is 14.3. The summed E-state index contributed by atoms with van der Waals surface area (Å²) in [5.74, 6) is -0.372. The van der Waals surface area contributed by atoms with E-state index in [9.17, 15) is 9.18 Å². The molecule has 1 rings (SSSR count). The quantitative estimate of drug-likeness (QED) is 0.564. The van der Waals surface area contributed by atoms with Crippen LogP contribution in [0.3, 0.4) is 0 Å². The predicted octanol–water partition coefficient (Wildman–Crippen LogP) is 2.38. The summed E-state index contributed by atoms with van der Waals surface area (Å²) in [6, 6.07) is 4.05. The Morgan fingerprint density at radius 3 is 2.89 bits per heavy atom. The molecular weight excluding hydrogens is 362 g/mol. The number of hydrogen-bond donors (Lipinski definition) is 2. The molecular formula is C13H18FIN2O2. The molecule has 0 aliphatic rings. The first-order valence-corrected chi connectivity index (χ1v) is 7.10. The van der Waals surface area contributed by atoms with Gasteiger partial charge in [-0.2, -0.15) is 0 Å². The fourth-order valence-corrected chi connectivity index (χ4v) is 2.12. The minimum atomic E-state index is -0.374. The van der Waals surface area contributed by atoms with Crippen LogP contribution in [0, 0.1) is 9.39 Å². The monoisotopic (exact) mass is 380 g/mol. The molecule has 4 nitrogen and oxygen atoms in total. The average Bonchev–Trinajstić information content (AvgIpc) is 2.37. The molecule has 6 heteroatoms. The summed E-state index contributed by atoms with van der Waals surface area (Å²) in [4.78, 5) is 11.8. The van der Waals surface area contributed by atoms with Crippen molar-refractivity contribution in [2.24, 2.45) is 0 Å². The van der Waals surface area contributed by atoms with Gasteiger partial charge in [-0.3, -0.25) is 4.79 Å². The second-order valence-electron chi connectivity index (χ2n) is 4.13. The van der Waals surface area contributed by atoms with Gasteiger partial charge in [0.15, 0.2) is 0 Å². The van der Waals surface area contributed by atoms with Crippen molar-refractivity contribution in [3.05, 3.63) is 27.6 Å². The van der Waals surface area contributed by atoms with Crippen LogP contribution in [0.15, 0.2) is 18.2 Å². The van der Waals surface area contributed by atoms with E-state index in [0.717, 1.165) is 15.7 Å². The van der Waals surface area contributed by atoms with Crippen LogP contribution < -0.4 is 10.6 Å². The molecule has 0 radical (unpaired) electrons. The Labute approximate surface area is 126 Å². The number of carbonyl (C=O) groups excluding carboxylic acids is 1. The van der Waals surface area contributed by atoms with E-state index in [1.807, 2.05) is 22.6 Å². The van der Waals surface area contributed by atoms with E-state index in [1.165, 1.54) is 12.1 Å². The van der Waals surface area contributed by atoms with Crippen LogP contribution in [-0.2, 0) is 9.53 Å². The number of methoxy groups -OCH3 is 1. The predicted molar refractivity (Wildman–Crippen MR) is 81.7 cm³/mol. The second-order valence-corrected chi connectivity index (χ2v) is 5.29. The van der Waals surface area contributed by atoms with E-state index in [2.05, 4.69) is 10.6 Å². The molecule has 106 valence electrons. The van der Waals surface area contributed by atoms with Crippen LogP contribution in [-0.4, -0.2) is 32.2 Å². The topological polar surface area (TPSA) is 50.4 Å². The van der Waals surface area contributed by atoms with Gasteiger partial charge in [-0.1, -0.05) is 0 Å². The Hall–Kier alpha value is -0.890. The summed E-state index contributed by atoms with van der Waals surface area (Å²) >= 11 is 2.03. The van der Waals surface area contributed by atoms with Gasteiger partial charge in [0.05, 0.1) is 0 Å². The lowest BCUT2D eigenvalue weighted by atomic mass is 10.2. The fraction of sp³-hybridized carbons (Fsp3) is 0.462. The van der Waals surface area contributed by atoms with E-state index < -0.39 is 0 Å². The van der Waals surface area contributed by atoms with Crippen LogP contribution in [0.4, 0.5) is 10.1 Å². The number of benzene rings is 1. The summed E-state index contributed by atoms with van der Waals surface area (Å²) in [5, 5.41) is 5.87. The molecule has 19 heavy (non-hydrogen) atoms. The summed E-state index contributed by atoms with van der Waals surface area (Å²) in [5.41, 5.74) is 0.751. The molecule has 1 aromatic rings. The molecule has 1 atom stereocenters. The Kier molecular flexibility index (Phi) is 7.07. The Morgan fingerprint density at radius 2 is 2.26 bits per heavy atom. The van der Waals surface area contributed by atoms with Gasteiger partial charge in [0.2, 0.25) is 5.91 Å². The molecule has 2 N–H and O–H groups in total. The van der Waals surface area contributed by atoms with E-state index >= 15 is 0 Å². The third-order valence-electron chi connectivity index (χ3n) is 2.52. The normalized spacial score (nSPS) is 12.0. The third kappa shape index (κ3) is 5.73. The standard InChI is InChI=1S/C13H18FIN2O2/c1-9(13(18)16-6-3-7-19-2)17-12-5-4-10(14)8-11(12)15/h4-5,8-9,17H,3,6-7H2,1-2H3,(H,16,18). The maximum absolute atomic E-state index is 13.0. The lowest BCUT2D eigenvalue weighted by molar-refractivity contribution is -0.121. The van der Waals surface area contributed by atoms with E-state index in [0.29, 0.717) is 13.2 Å². The van der Waals surface area contributed by atoms with Crippen LogP contribution in [0.1, 0.15) is 13.3 Å². The number of rotatable bonds is 7. The van der Waals surface area contributed by atoms with Crippen molar-refractivity contribution in [1.29, 1.82) is 0 Å². The molecule has 0 fully saturated rings. The number of amides is 1. The lowest BCUT2D eigenvalue weighted by Crippen LogP contribution is -2.38. The first-order chi connectivity index (χ1) is 9.04. The highest BCUT2D eigenvalue weighted by molar-refractivity contribution is 14.1. The molecule has 1 unspecified atom stereocenters. The molecule has 0 saturated heterocycles. The highest BCUT2D eigenvalue weighted by atomic mass is 127. The molecule has 0 aliphatic heterocycles. The molecule has 0 spiro atoms. The molecule has 0 saturated carbocycles. The molecule has 0 heterocycles. The third-order valence-corrected chi connectivity index (χ3v) is 3.41. The largest absolute Gasteiger partial charge is 0.385 e. The van der Waals surface area contributed by atoms with E-state index in [1.54, 1.807) is 20.1 Å². The number of anilines is 1. The summed E-state index contributed by atoms with van der Waals surface area (Å²) in [6.45, 7) is 2.97. The zero-order valence-electron chi connectivity index (χ0n) is 11.0. The number of carbonyl (C=O) groups is 1. The van der Waals surface area contributed by atoms with Gasteiger partial charge in [0, 0.05) is 29.5 Å². The van der Waals surface area contributed by atoms with Gasteiger partial charge in [0.1, 0.15) is 11.9 Å². The van der Waals surface area contributed by atoms with Crippen LogP contribution >= 0.6 is 22.6 Å². The molecule has 0 aromatic heterocycles. The second kappa shape index (κ2) is 8.31. The first kappa shape index (κ1) is 16.2. The molecule has 1 aromatic carbocycles. The number of nitrogens with one attached hydrogen (secondary N) is 2. The van der Waals surface area contributed by atoms with Gasteiger partial charge in [-0.25, -0.2) is 4.39 Å². The molecule has 0 bridgehead atoms. The minimum absolute atomic E-state index is 0.0868. The average molecular weight is 380 g/mol. The molecule has 1 amide bonds. The smallest absolute Gasteiger partial charge is 0.242 e. The summed E-state index contributed by atoms with van der Waals surface area (Å²) in [7, 11) is 1.63. The van der Waals surface area contributed by atoms with Crippen LogP contribution in [0.25, 0.3) is 0 Å². The van der Waals surface area contributed by atoms with Gasteiger partial charge in [-0.15, -0.1) is 0 Å². The van der Waals surface area contributed by atoms with Gasteiger partial charge >= 0.3 is 0 Å². The number of ether oxygens (including phenoxy) is 1. The van der Waals surface area contributed by atoms with Crippen LogP contribution in [0.2, 0.25) is 0 Å². The molecule has 0 aliphatic carbocycles.